The number of fused-ring (bicyclic) bond motifs is 2. The van der Waals surface area contributed by atoms with Gasteiger partial charge in [-0.2, -0.15) is 0 Å². The second-order valence-corrected chi connectivity index (χ2v) is 20.7. The van der Waals surface area contributed by atoms with Gasteiger partial charge in [-0.15, -0.1) is 0 Å². The number of methoxy groups -OCH3 is 2. The van der Waals surface area contributed by atoms with Crippen LogP contribution in [0.5, 0.6) is 0 Å². The standard InChI is InChI=1S/C53H77N7O8/c1-12-33(4)45(58(9)51(64)44(32(2)3)57-50(63)46-37-25-26-38(29-37)60(46)52(65)68-53(6,7)8)42(66-10)30-43(61)59-27-19-24-41(59)47(67-11)34(5)49(62)56-39(28-35-20-15-13-16-21-35)48-54-31-40(55-48)36-22-17-14-18-23-36/h13-18,20-23,31-34,37-39,41-42,44-47H,12,19,24-30H2,1-11H3,(H,54,55)(H,56,62)(H,57,63)/t33-,34+,37?,38?,39-,41-,42-,44-,45-,46?,47+/m0/s1. The van der Waals surface area contributed by atoms with Crippen molar-refractivity contribution in [3.63, 3.8) is 0 Å². The highest BCUT2D eigenvalue weighted by atomic mass is 16.6. The smallest absolute Gasteiger partial charge is 0.411 e. The van der Waals surface area contributed by atoms with Gasteiger partial charge >= 0.3 is 6.09 Å². The maximum Gasteiger partial charge on any atom is 0.411 e. The van der Waals surface area contributed by atoms with Crippen LogP contribution >= 0.6 is 0 Å². The number of carbonyl (C=O) groups excluding carboxylic acids is 5. The van der Waals surface area contributed by atoms with E-state index in [2.05, 4.69) is 15.6 Å². The summed E-state index contributed by atoms with van der Waals surface area (Å²) >= 11 is 0. The Morgan fingerprint density at radius 2 is 1.59 bits per heavy atom. The molecule has 3 unspecified atom stereocenters. The molecule has 0 radical (unpaired) electrons. The molecule has 15 heteroatoms. The maximum absolute atomic E-state index is 14.7. The van der Waals surface area contributed by atoms with E-state index >= 15 is 0 Å². The molecule has 3 N–H and O–H groups in total. The van der Waals surface area contributed by atoms with Crippen molar-refractivity contribution < 1.29 is 38.2 Å². The molecular formula is C53H77N7O8. The first-order valence-electron chi connectivity index (χ1n) is 24.7. The molecule has 2 bridgehead atoms. The lowest BCUT2D eigenvalue weighted by Gasteiger charge is -2.41. The van der Waals surface area contributed by atoms with Gasteiger partial charge in [0, 0.05) is 33.9 Å². The molecule has 6 rings (SSSR count). The van der Waals surface area contributed by atoms with Crippen LogP contribution in [0, 0.1) is 23.7 Å². The quantitative estimate of drug-likeness (QED) is 0.105. The monoisotopic (exact) mass is 940 g/mol. The van der Waals surface area contributed by atoms with Crippen LogP contribution < -0.4 is 10.6 Å². The number of ether oxygens (including phenoxy) is 3. The number of amides is 5. The van der Waals surface area contributed by atoms with Gasteiger partial charge in [0.25, 0.3) is 0 Å². The molecule has 2 aliphatic heterocycles. The van der Waals surface area contributed by atoms with Crippen molar-refractivity contribution >= 4 is 29.7 Å². The van der Waals surface area contributed by atoms with E-state index in [4.69, 9.17) is 19.2 Å². The van der Waals surface area contributed by atoms with Gasteiger partial charge in [0.2, 0.25) is 23.6 Å². The molecule has 5 amide bonds. The maximum atomic E-state index is 14.7. The fraction of sp³-hybridized carbons (Fsp3) is 0.623. The van der Waals surface area contributed by atoms with Gasteiger partial charge in [-0.25, -0.2) is 9.78 Å². The number of nitrogens with one attached hydrogen (secondary N) is 3. The van der Waals surface area contributed by atoms with E-state index in [1.165, 1.54) is 0 Å². The number of nitrogens with zero attached hydrogens (tertiary/aromatic N) is 4. The number of benzene rings is 2. The summed E-state index contributed by atoms with van der Waals surface area (Å²) in [5, 5.41) is 6.33. The molecule has 2 aromatic carbocycles. The number of aromatic nitrogens is 2. The van der Waals surface area contributed by atoms with E-state index in [1.54, 1.807) is 37.3 Å². The summed E-state index contributed by atoms with van der Waals surface area (Å²) in [5.41, 5.74) is 2.16. The summed E-state index contributed by atoms with van der Waals surface area (Å²) in [6.07, 6.45) is 4.95. The van der Waals surface area contributed by atoms with E-state index in [9.17, 15) is 24.0 Å². The number of H-pyrrole nitrogens is 1. The van der Waals surface area contributed by atoms with E-state index in [0.717, 1.165) is 42.5 Å². The summed E-state index contributed by atoms with van der Waals surface area (Å²) < 4.78 is 18.0. The molecule has 3 aromatic rings. The third-order valence-electron chi connectivity index (χ3n) is 14.6. The van der Waals surface area contributed by atoms with Crippen molar-refractivity contribution in [2.24, 2.45) is 23.7 Å². The van der Waals surface area contributed by atoms with Gasteiger partial charge in [-0.05, 0) is 88.2 Å². The average molecular weight is 940 g/mol. The topological polar surface area (TPSA) is 175 Å². The van der Waals surface area contributed by atoms with Gasteiger partial charge in [0.1, 0.15) is 23.5 Å². The molecule has 3 aliphatic rings. The van der Waals surface area contributed by atoms with E-state index in [-0.39, 0.29) is 59.9 Å². The molecule has 3 fully saturated rings. The molecule has 1 aliphatic carbocycles. The fourth-order valence-electron chi connectivity index (χ4n) is 10.8. The number of imidazole rings is 1. The van der Waals surface area contributed by atoms with Crippen LogP contribution in [0.3, 0.4) is 0 Å². The predicted octanol–water partition coefficient (Wildman–Crippen LogP) is 7.33. The molecule has 1 aromatic heterocycles. The molecular weight excluding hydrogens is 863 g/mol. The number of rotatable bonds is 20. The highest BCUT2D eigenvalue weighted by molar-refractivity contribution is 5.92. The zero-order valence-electron chi connectivity index (χ0n) is 42.2. The third kappa shape index (κ3) is 12.1. The Balaban J connectivity index is 1.15. The van der Waals surface area contributed by atoms with Crippen LogP contribution in [0.2, 0.25) is 0 Å². The predicted molar refractivity (Wildman–Crippen MR) is 261 cm³/mol. The largest absolute Gasteiger partial charge is 0.444 e. The van der Waals surface area contributed by atoms with Crippen LogP contribution in [0.15, 0.2) is 66.9 Å². The molecule has 68 heavy (non-hydrogen) atoms. The van der Waals surface area contributed by atoms with Crippen LogP contribution in [0.25, 0.3) is 11.3 Å². The third-order valence-corrected chi connectivity index (χ3v) is 14.6. The first-order chi connectivity index (χ1) is 32.4. The van der Waals surface area contributed by atoms with Gasteiger partial charge < -0.3 is 39.6 Å². The summed E-state index contributed by atoms with van der Waals surface area (Å²) in [5.74, 6) is -1.39. The van der Waals surface area contributed by atoms with Crippen LogP contribution in [-0.2, 0) is 39.8 Å². The number of hydrogen-bond acceptors (Lipinski definition) is 9. The SMILES string of the molecule is CC[C@H](C)[C@@H]([C@H](CC(=O)N1CCC[C@H]1[C@H](OC)[C@@H](C)C(=O)N[C@@H](Cc1ccccc1)c1ncc(-c2ccccc2)[nH]1)OC)N(C)C(=O)[C@@H](NC(=O)C1C2CCC(C2)N1C(=O)OC(C)(C)C)C(C)C. The Labute approximate surface area is 403 Å². The molecule has 15 nitrogen and oxygen atoms in total. The highest BCUT2D eigenvalue weighted by Crippen LogP contribution is 2.43. The summed E-state index contributed by atoms with van der Waals surface area (Å²) in [6.45, 7) is 15.6. The number of likely N-dealkylation sites (tertiary alicyclic amines) is 2. The van der Waals surface area contributed by atoms with Gasteiger partial charge in [-0.1, -0.05) is 102 Å². The van der Waals surface area contributed by atoms with Crippen molar-refractivity contribution in [1.29, 1.82) is 0 Å². The minimum atomic E-state index is -0.893. The molecule has 372 valence electrons. The normalized spacial score (nSPS) is 22.2. The Hall–Kier alpha value is -5.28. The number of likely N-dealkylation sites (N-methyl/N-ethyl adjacent to an activating group) is 1. The molecule has 1 saturated carbocycles. The lowest BCUT2D eigenvalue weighted by molar-refractivity contribution is -0.148. The van der Waals surface area contributed by atoms with Crippen molar-refractivity contribution in [3.05, 3.63) is 78.2 Å². The van der Waals surface area contributed by atoms with Gasteiger partial charge in [-0.3, -0.25) is 24.1 Å². The van der Waals surface area contributed by atoms with Crippen molar-refractivity contribution in [2.75, 3.05) is 27.8 Å². The van der Waals surface area contributed by atoms with Crippen molar-refractivity contribution in [3.8, 4) is 11.3 Å². The van der Waals surface area contributed by atoms with Crippen molar-refractivity contribution in [2.45, 2.75) is 161 Å². The highest BCUT2D eigenvalue weighted by Gasteiger charge is 2.53. The minimum Gasteiger partial charge on any atom is -0.444 e. The Kier molecular flexibility index (Phi) is 17.5. The lowest BCUT2D eigenvalue weighted by atomic mass is 9.89. The van der Waals surface area contributed by atoms with Crippen molar-refractivity contribution in [1.82, 2.24) is 35.3 Å². The molecule has 3 heterocycles. The number of hydrogen-bond donors (Lipinski definition) is 3. The van der Waals surface area contributed by atoms with Crippen LogP contribution in [0.4, 0.5) is 4.79 Å². The van der Waals surface area contributed by atoms with E-state index in [1.807, 2.05) is 121 Å². The molecule has 2 saturated heterocycles. The summed E-state index contributed by atoms with van der Waals surface area (Å²) in [7, 11) is 4.87. The Bertz CT molecular complexity index is 2160. The first kappa shape index (κ1) is 52.1. The fourth-order valence-corrected chi connectivity index (χ4v) is 10.8. The Morgan fingerprint density at radius 3 is 2.21 bits per heavy atom. The summed E-state index contributed by atoms with van der Waals surface area (Å²) in [6, 6.07) is 16.8. The number of carbonyl (C=O) groups is 5. The minimum absolute atomic E-state index is 0.00722. The van der Waals surface area contributed by atoms with Gasteiger partial charge in [0.05, 0.1) is 54.6 Å². The van der Waals surface area contributed by atoms with Crippen LogP contribution in [0.1, 0.15) is 118 Å². The second kappa shape index (κ2) is 22.9. The zero-order chi connectivity index (χ0) is 49.4. The number of aromatic amines is 1. The molecule has 0 spiro atoms. The van der Waals surface area contributed by atoms with E-state index in [0.29, 0.717) is 31.6 Å². The summed E-state index contributed by atoms with van der Waals surface area (Å²) in [4.78, 5) is 84.4. The van der Waals surface area contributed by atoms with Crippen LogP contribution in [-0.4, -0.2) is 130 Å². The average Bonchev–Trinajstić information content (AvgIpc) is 4.16. The first-order valence-corrected chi connectivity index (χ1v) is 24.7. The van der Waals surface area contributed by atoms with E-state index < -0.39 is 54.0 Å². The second-order valence-electron chi connectivity index (χ2n) is 20.7. The number of piperidine rings is 1. The Morgan fingerprint density at radius 1 is 0.912 bits per heavy atom. The zero-order valence-corrected chi connectivity index (χ0v) is 42.2. The lowest BCUT2D eigenvalue weighted by Crippen LogP contribution is -2.61. The molecule has 11 atom stereocenters. The van der Waals surface area contributed by atoms with Gasteiger partial charge in [0.15, 0.2) is 0 Å².